The SMILES string of the molecule is Cc1ccc(C(=O)NC(=S)Nc2cccc(Cl)c2N2CCN(C)CC2)cc1. The van der Waals surface area contributed by atoms with Gasteiger partial charge in [0, 0.05) is 31.7 Å². The molecule has 1 amide bonds. The van der Waals surface area contributed by atoms with Gasteiger partial charge in [0.2, 0.25) is 0 Å². The van der Waals surface area contributed by atoms with Crippen molar-refractivity contribution in [3.8, 4) is 0 Å². The molecule has 5 nitrogen and oxygen atoms in total. The Kier molecular flexibility index (Phi) is 6.31. The van der Waals surface area contributed by atoms with Gasteiger partial charge in [-0.15, -0.1) is 0 Å². The molecule has 2 aromatic carbocycles. The molecule has 0 radical (unpaired) electrons. The number of halogens is 1. The number of hydrogen-bond acceptors (Lipinski definition) is 4. The highest BCUT2D eigenvalue weighted by molar-refractivity contribution is 7.80. The lowest BCUT2D eigenvalue weighted by molar-refractivity contribution is 0.0977. The standard InChI is InChI=1S/C20H23ClN4OS/c1-14-6-8-15(9-7-14)19(26)23-20(27)22-17-5-3-4-16(21)18(17)25-12-10-24(2)11-13-25/h3-9H,10-13H2,1-2H3,(H2,22,23,26,27). The molecule has 142 valence electrons. The van der Waals surface area contributed by atoms with Crippen molar-refractivity contribution < 1.29 is 4.79 Å². The molecule has 0 bridgehead atoms. The van der Waals surface area contributed by atoms with Gasteiger partial charge < -0.3 is 15.1 Å². The average molecular weight is 403 g/mol. The fraction of sp³-hybridized carbons (Fsp3) is 0.300. The average Bonchev–Trinajstić information content (AvgIpc) is 2.63. The maximum atomic E-state index is 12.4. The third-order valence-corrected chi connectivity index (χ3v) is 5.10. The number of nitrogens with zero attached hydrogens (tertiary/aromatic N) is 2. The van der Waals surface area contributed by atoms with Gasteiger partial charge in [-0.25, -0.2) is 0 Å². The molecule has 7 heteroatoms. The molecule has 1 aliphatic rings. The van der Waals surface area contributed by atoms with Crippen LogP contribution in [0.4, 0.5) is 11.4 Å². The van der Waals surface area contributed by atoms with Gasteiger partial charge >= 0.3 is 0 Å². The second-order valence-electron chi connectivity index (χ2n) is 6.70. The zero-order chi connectivity index (χ0) is 19.4. The number of piperazine rings is 1. The summed E-state index contributed by atoms with van der Waals surface area (Å²) in [6.45, 7) is 5.69. The van der Waals surface area contributed by atoms with Crippen LogP contribution in [0.3, 0.4) is 0 Å². The molecule has 0 aliphatic carbocycles. The molecule has 3 rings (SSSR count). The van der Waals surface area contributed by atoms with Crippen LogP contribution in [0.15, 0.2) is 42.5 Å². The van der Waals surface area contributed by atoms with Crippen LogP contribution in [0.5, 0.6) is 0 Å². The quantitative estimate of drug-likeness (QED) is 0.769. The number of hydrogen-bond donors (Lipinski definition) is 2. The predicted octanol–water partition coefficient (Wildman–Crippen LogP) is 3.53. The number of para-hydroxylation sites is 1. The van der Waals surface area contributed by atoms with Gasteiger partial charge in [0.15, 0.2) is 5.11 Å². The fourth-order valence-corrected chi connectivity index (χ4v) is 3.50. The summed E-state index contributed by atoms with van der Waals surface area (Å²) >= 11 is 11.8. The van der Waals surface area contributed by atoms with E-state index < -0.39 is 0 Å². The van der Waals surface area contributed by atoms with E-state index in [0.29, 0.717) is 10.6 Å². The lowest BCUT2D eigenvalue weighted by atomic mass is 10.1. The molecule has 0 spiro atoms. The van der Waals surface area contributed by atoms with E-state index in [9.17, 15) is 4.79 Å². The maximum Gasteiger partial charge on any atom is 0.257 e. The summed E-state index contributed by atoms with van der Waals surface area (Å²) in [4.78, 5) is 16.9. The zero-order valence-electron chi connectivity index (χ0n) is 15.5. The second-order valence-corrected chi connectivity index (χ2v) is 7.52. The number of amides is 1. The summed E-state index contributed by atoms with van der Waals surface area (Å²) in [5.41, 5.74) is 3.37. The number of thiocarbonyl (C=S) groups is 1. The van der Waals surface area contributed by atoms with Crippen molar-refractivity contribution in [3.63, 3.8) is 0 Å². The van der Waals surface area contributed by atoms with Crippen molar-refractivity contribution in [2.24, 2.45) is 0 Å². The predicted molar refractivity (Wildman–Crippen MR) is 116 cm³/mol. The number of nitrogens with one attached hydrogen (secondary N) is 2. The smallest absolute Gasteiger partial charge is 0.257 e. The maximum absolute atomic E-state index is 12.4. The van der Waals surface area contributed by atoms with E-state index in [0.717, 1.165) is 43.1 Å². The number of benzene rings is 2. The topological polar surface area (TPSA) is 47.6 Å². The van der Waals surface area contributed by atoms with Crippen molar-refractivity contribution in [2.75, 3.05) is 43.4 Å². The number of carbonyl (C=O) groups is 1. The molecule has 2 N–H and O–H groups in total. The lowest BCUT2D eigenvalue weighted by Crippen LogP contribution is -2.45. The van der Waals surface area contributed by atoms with Crippen LogP contribution in [0.25, 0.3) is 0 Å². The molecule has 2 aromatic rings. The Morgan fingerprint density at radius 1 is 1.07 bits per heavy atom. The van der Waals surface area contributed by atoms with Gasteiger partial charge in [-0.2, -0.15) is 0 Å². The largest absolute Gasteiger partial charge is 0.366 e. The molecule has 1 saturated heterocycles. The number of aryl methyl sites for hydroxylation is 1. The van der Waals surface area contributed by atoms with Crippen LogP contribution < -0.4 is 15.5 Å². The van der Waals surface area contributed by atoms with E-state index in [1.54, 1.807) is 12.1 Å². The third kappa shape index (κ3) is 4.97. The van der Waals surface area contributed by atoms with Crippen LogP contribution in [0.1, 0.15) is 15.9 Å². The first-order chi connectivity index (χ1) is 12.9. The number of anilines is 2. The van der Waals surface area contributed by atoms with E-state index in [4.69, 9.17) is 23.8 Å². The van der Waals surface area contributed by atoms with Crippen molar-refractivity contribution in [3.05, 3.63) is 58.6 Å². The Morgan fingerprint density at radius 2 is 1.74 bits per heavy atom. The molecule has 1 aliphatic heterocycles. The molecule has 0 atom stereocenters. The summed E-state index contributed by atoms with van der Waals surface area (Å²) in [6, 6.07) is 13.0. The van der Waals surface area contributed by atoms with Crippen LogP contribution in [0, 0.1) is 6.92 Å². The minimum atomic E-state index is -0.240. The fourth-order valence-electron chi connectivity index (χ4n) is 3.00. The van der Waals surface area contributed by atoms with Gasteiger partial charge in [0.25, 0.3) is 5.91 Å². The Morgan fingerprint density at radius 3 is 2.41 bits per heavy atom. The van der Waals surface area contributed by atoms with Gasteiger partial charge in [-0.3, -0.25) is 10.1 Å². The van der Waals surface area contributed by atoms with Gasteiger partial charge in [0.05, 0.1) is 16.4 Å². The van der Waals surface area contributed by atoms with E-state index in [1.807, 2.05) is 37.3 Å². The van der Waals surface area contributed by atoms with E-state index in [2.05, 4.69) is 27.5 Å². The molecule has 1 heterocycles. The highest BCUT2D eigenvalue weighted by atomic mass is 35.5. The minimum absolute atomic E-state index is 0.240. The summed E-state index contributed by atoms with van der Waals surface area (Å²) < 4.78 is 0. The van der Waals surface area contributed by atoms with Gasteiger partial charge in [0.1, 0.15) is 0 Å². The second kappa shape index (κ2) is 8.69. The summed E-state index contributed by atoms with van der Waals surface area (Å²) in [6.07, 6.45) is 0. The van der Waals surface area contributed by atoms with Crippen LogP contribution in [0.2, 0.25) is 5.02 Å². The first-order valence-corrected chi connectivity index (χ1v) is 9.63. The van der Waals surface area contributed by atoms with Crippen LogP contribution in [-0.4, -0.2) is 49.1 Å². The van der Waals surface area contributed by atoms with Crippen LogP contribution >= 0.6 is 23.8 Å². The highest BCUT2D eigenvalue weighted by Gasteiger charge is 2.20. The minimum Gasteiger partial charge on any atom is -0.366 e. The molecule has 1 fully saturated rings. The lowest BCUT2D eigenvalue weighted by Gasteiger charge is -2.35. The van der Waals surface area contributed by atoms with Crippen molar-refractivity contribution in [1.29, 1.82) is 0 Å². The summed E-state index contributed by atoms with van der Waals surface area (Å²) in [5.74, 6) is -0.240. The molecular weight excluding hydrogens is 380 g/mol. The van der Waals surface area contributed by atoms with Gasteiger partial charge in [-0.05, 0) is 50.5 Å². The molecule has 27 heavy (non-hydrogen) atoms. The Bertz CT molecular complexity index is 832. The first kappa shape index (κ1) is 19.6. The Hall–Kier alpha value is -2.15. The van der Waals surface area contributed by atoms with Crippen molar-refractivity contribution >= 4 is 46.2 Å². The summed E-state index contributed by atoms with van der Waals surface area (Å²) in [5, 5.41) is 6.78. The summed E-state index contributed by atoms with van der Waals surface area (Å²) in [7, 11) is 2.11. The molecule has 0 unspecified atom stereocenters. The molecular formula is C20H23ClN4OS. The zero-order valence-corrected chi connectivity index (χ0v) is 17.0. The van der Waals surface area contributed by atoms with E-state index in [-0.39, 0.29) is 11.0 Å². The van der Waals surface area contributed by atoms with E-state index >= 15 is 0 Å². The monoisotopic (exact) mass is 402 g/mol. The van der Waals surface area contributed by atoms with E-state index in [1.165, 1.54) is 0 Å². The van der Waals surface area contributed by atoms with Crippen molar-refractivity contribution in [1.82, 2.24) is 10.2 Å². The Labute approximate surface area is 170 Å². The normalized spacial score (nSPS) is 14.7. The third-order valence-electron chi connectivity index (χ3n) is 4.60. The van der Waals surface area contributed by atoms with Crippen molar-refractivity contribution in [2.45, 2.75) is 6.92 Å². The van der Waals surface area contributed by atoms with Crippen LogP contribution in [-0.2, 0) is 0 Å². The number of rotatable bonds is 3. The molecule has 0 saturated carbocycles. The Balaban J connectivity index is 1.71. The first-order valence-electron chi connectivity index (χ1n) is 8.85. The number of carbonyl (C=O) groups excluding carboxylic acids is 1. The number of likely N-dealkylation sites (N-methyl/N-ethyl adjacent to an activating group) is 1. The molecule has 0 aromatic heterocycles. The highest BCUT2D eigenvalue weighted by Crippen LogP contribution is 2.34. The van der Waals surface area contributed by atoms with Gasteiger partial charge in [-0.1, -0.05) is 35.4 Å².